The summed E-state index contributed by atoms with van der Waals surface area (Å²) in [6.07, 6.45) is 3.98. The van der Waals surface area contributed by atoms with Crippen LogP contribution < -0.4 is 0 Å². The van der Waals surface area contributed by atoms with Crippen LogP contribution in [0.2, 0.25) is 5.02 Å². The lowest BCUT2D eigenvalue weighted by atomic mass is 9.96. The Morgan fingerprint density at radius 3 is 3.06 bits per heavy atom. The number of hydrogen-bond acceptors (Lipinski definition) is 2. The zero-order chi connectivity index (χ0) is 12.3. The first-order valence-corrected chi connectivity index (χ1v) is 6.47. The van der Waals surface area contributed by atoms with E-state index in [9.17, 15) is 0 Å². The molecule has 0 radical (unpaired) electrons. The van der Waals surface area contributed by atoms with Gasteiger partial charge in [-0.2, -0.15) is 0 Å². The summed E-state index contributed by atoms with van der Waals surface area (Å²) in [6, 6.07) is 5.82. The Morgan fingerprint density at radius 2 is 2.29 bits per heavy atom. The molecule has 90 valence electrons. The van der Waals surface area contributed by atoms with E-state index in [-0.39, 0.29) is 0 Å². The van der Waals surface area contributed by atoms with Crippen molar-refractivity contribution in [3.8, 4) is 0 Å². The molecule has 0 saturated carbocycles. The van der Waals surface area contributed by atoms with E-state index in [0.717, 1.165) is 41.4 Å². The molecule has 0 bridgehead atoms. The highest BCUT2D eigenvalue weighted by Crippen LogP contribution is 2.29. The predicted octanol–water partition coefficient (Wildman–Crippen LogP) is 4.28. The molecule has 1 aliphatic heterocycles. The maximum absolute atomic E-state index is 6.07. The first-order valence-electron chi connectivity index (χ1n) is 6.09. The molecule has 0 aromatic heterocycles. The molecule has 0 amide bonds. The summed E-state index contributed by atoms with van der Waals surface area (Å²) in [5, 5.41) is 0.747. The zero-order valence-corrected chi connectivity index (χ0v) is 11.0. The second-order valence-corrected chi connectivity index (χ2v) is 4.81. The van der Waals surface area contributed by atoms with Gasteiger partial charge in [-0.05, 0) is 31.0 Å². The molecular weight excluding hydrogens is 232 g/mol. The Bertz CT molecular complexity index is 463. The minimum atomic E-state index is 0.407. The van der Waals surface area contributed by atoms with Crippen LogP contribution in [-0.2, 0) is 0 Å². The average Bonchev–Trinajstić information content (AvgIpc) is 2.46. The van der Waals surface area contributed by atoms with Gasteiger partial charge in [0.25, 0.3) is 0 Å². The van der Waals surface area contributed by atoms with Crippen molar-refractivity contribution in [3.63, 3.8) is 0 Å². The molecule has 1 aliphatic rings. The second kappa shape index (κ2) is 5.46. The molecule has 1 atom stereocenters. The number of halogens is 1. The molecule has 0 saturated heterocycles. The van der Waals surface area contributed by atoms with Crippen LogP contribution in [0.5, 0.6) is 0 Å². The van der Waals surface area contributed by atoms with Gasteiger partial charge in [0.2, 0.25) is 0 Å². The number of nitrogens with zero attached hydrogens (tertiary/aromatic N) is 2. The fourth-order valence-corrected chi connectivity index (χ4v) is 2.16. The monoisotopic (exact) mass is 248 g/mol. The van der Waals surface area contributed by atoms with Gasteiger partial charge < -0.3 is 0 Å². The van der Waals surface area contributed by atoms with Crippen LogP contribution in [0.25, 0.3) is 0 Å². The summed E-state index contributed by atoms with van der Waals surface area (Å²) in [4.78, 5) is 9.18. The fraction of sp³-hybridized carbons (Fsp3) is 0.429. The summed E-state index contributed by atoms with van der Waals surface area (Å²) in [5.74, 6) is 0.407. The zero-order valence-electron chi connectivity index (χ0n) is 10.3. The van der Waals surface area contributed by atoms with Crippen LogP contribution in [-0.4, -0.2) is 18.5 Å². The Kier molecular flexibility index (Phi) is 3.95. The van der Waals surface area contributed by atoms with Crippen molar-refractivity contribution >= 4 is 29.2 Å². The van der Waals surface area contributed by atoms with Crippen molar-refractivity contribution in [2.45, 2.75) is 26.7 Å². The Balaban J connectivity index is 2.49. The highest BCUT2D eigenvalue weighted by molar-refractivity contribution is 6.31. The first kappa shape index (κ1) is 12.3. The third-order valence-electron chi connectivity index (χ3n) is 2.90. The molecule has 1 unspecified atom stereocenters. The van der Waals surface area contributed by atoms with Crippen molar-refractivity contribution in [2.75, 3.05) is 6.54 Å². The molecule has 2 nitrogen and oxygen atoms in total. The standard InChI is InChI=1S/C14H17ClN2/c1-3-7-17-14-10(2)6-8-16-13-5-4-11(15)9-12(13)14/h4-5,8-10H,3,6-7H2,1-2H3. The van der Waals surface area contributed by atoms with E-state index in [0.29, 0.717) is 5.92 Å². The number of fused-ring (bicyclic) bond motifs is 1. The van der Waals surface area contributed by atoms with Crippen molar-refractivity contribution in [1.82, 2.24) is 0 Å². The maximum atomic E-state index is 6.07. The number of hydrogen-bond donors (Lipinski definition) is 0. The lowest BCUT2D eigenvalue weighted by molar-refractivity contribution is 0.812. The second-order valence-electron chi connectivity index (χ2n) is 4.38. The molecule has 2 rings (SSSR count). The van der Waals surface area contributed by atoms with Crippen molar-refractivity contribution in [1.29, 1.82) is 0 Å². The first-order chi connectivity index (χ1) is 8.22. The molecule has 0 aliphatic carbocycles. The van der Waals surface area contributed by atoms with E-state index in [4.69, 9.17) is 16.6 Å². The number of rotatable bonds is 2. The SMILES string of the molecule is CCCN=C1c2cc(Cl)ccc2N=CCC1C. The number of aliphatic imine (C=N–C) groups is 2. The smallest absolute Gasteiger partial charge is 0.0717 e. The van der Waals surface area contributed by atoms with E-state index < -0.39 is 0 Å². The largest absolute Gasteiger partial charge is 0.289 e. The third kappa shape index (κ3) is 2.75. The summed E-state index contributed by atoms with van der Waals surface area (Å²) in [7, 11) is 0. The molecule has 0 fully saturated rings. The third-order valence-corrected chi connectivity index (χ3v) is 3.13. The topological polar surface area (TPSA) is 24.7 Å². The lowest BCUT2D eigenvalue weighted by Gasteiger charge is -2.13. The normalized spacial score (nSPS) is 21.4. The molecule has 1 heterocycles. The summed E-state index contributed by atoms with van der Waals surface area (Å²) in [5.41, 5.74) is 3.21. The van der Waals surface area contributed by atoms with Crippen LogP contribution in [0.1, 0.15) is 32.3 Å². The van der Waals surface area contributed by atoms with Gasteiger partial charge in [0.1, 0.15) is 0 Å². The minimum absolute atomic E-state index is 0.407. The van der Waals surface area contributed by atoms with Gasteiger partial charge in [-0.3, -0.25) is 9.98 Å². The highest BCUT2D eigenvalue weighted by Gasteiger charge is 2.18. The van der Waals surface area contributed by atoms with Crippen molar-refractivity contribution < 1.29 is 0 Å². The van der Waals surface area contributed by atoms with Crippen molar-refractivity contribution in [2.24, 2.45) is 15.9 Å². The van der Waals surface area contributed by atoms with Crippen LogP contribution in [0.15, 0.2) is 28.2 Å². The Morgan fingerprint density at radius 1 is 1.47 bits per heavy atom. The van der Waals surface area contributed by atoms with Gasteiger partial charge >= 0.3 is 0 Å². The van der Waals surface area contributed by atoms with Gasteiger partial charge in [-0.25, -0.2) is 0 Å². The summed E-state index contributed by atoms with van der Waals surface area (Å²) in [6.45, 7) is 5.20. The van der Waals surface area contributed by atoms with E-state index in [2.05, 4.69) is 18.8 Å². The lowest BCUT2D eigenvalue weighted by Crippen LogP contribution is -2.12. The molecule has 17 heavy (non-hydrogen) atoms. The molecule has 1 aromatic rings. The highest BCUT2D eigenvalue weighted by atomic mass is 35.5. The van der Waals surface area contributed by atoms with Crippen molar-refractivity contribution in [3.05, 3.63) is 28.8 Å². The number of benzene rings is 1. The molecular formula is C14H17ClN2. The van der Waals surface area contributed by atoms with E-state index in [1.54, 1.807) is 0 Å². The van der Waals surface area contributed by atoms with Gasteiger partial charge in [0.05, 0.1) is 5.69 Å². The molecule has 3 heteroatoms. The molecule has 0 spiro atoms. The Labute approximate surface area is 107 Å². The van der Waals surface area contributed by atoms with Crippen LogP contribution in [0, 0.1) is 5.92 Å². The van der Waals surface area contributed by atoms with Gasteiger partial charge in [-0.15, -0.1) is 0 Å². The minimum Gasteiger partial charge on any atom is -0.289 e. The van der Waals surface area contributed by atoms with E-state index in [1.165, 1.54) is 0 Å². The quantitative estimate of drug-likeness (QED) is 0.746. The Hall–Kier alpha value is -1.15. The van der Waals surface area contributed by atoms with Crippen LogP contribution in [0.4, 0.5) is 5.69 Å². The van der Waals surface area contributed by atoms with E-state index >= 15 is 0 Å². The van der Waals surface area contributed by atoms with E-state index in [1.807, 2.05) is 24.4 Å². The maximum Gasteiger partial charge on any atom is 0.0717 e. The van der Waals surface area contributed by atoms with Crippen LogP contribution >= 0.6 is 11.6 Å². The van der Waals surface area contributed by atoms with Gasteiger partial charge in [0, 0.05) is 35.0 Å². The predicted molar refractivity (Wildman–Crippen MR) is 75.1 cm³/mol. The fourth-order valence-electron chi connectivity index (χ4n) is 1.99. The summed E-state index contributed by atoms with van der Waals surface area (Å²) < 4.78 is 0. The molecule has 0 N–H and O–H groups in total. The van der Waals surface area contributed by atoms with Gasteiger partial charge in [-0.1, -0.05) is 25.4 Å². The molecule has 1 aromatic carbocycles. The summed E-state index contributed by atoms with van der Waals surface area (Å²) >= 11 is 6.07. The van der Waals surface area contributed by atoms with Gasteiger partial charge in [0.15, 0.2) is 0 Å². The average molecular weight is 249 g/mol. The van der Waals surface area contributed by atoms with Crippen LogP contribution in [0.3, 0.4) is 0 Å².